The van der Waals surface area contributed by atoms with Crippen molar-refractivity contribution >= 4 is 62.0 Å². The number of aromatic nitrogens is 1. The van der Waals surface area contributed by atoms with Crippen LogP contribution in [-0.2, 0) is 10.5 Å². The molecule has 0 bridgehead atoms. The number of esters is 1. The normalized spacial score (nSPS) is 11.4. The summed E-state index contributed by atoms with van der Waals surface area (Å²) < 4.78 is 8.47. The number of hydrogen-bond donors (Lipinski definition) is 0. The number of thiophene rings is 1. The van der Waals surface area contributed by atoms with E-state index in [1.807, 2.05) is 71.3 Å². The van der Waals surface area contributed by atoms with E-state index < -0.39 is 5.97 Å². The summed E-state index contributed by atoms with van der Waals surface area (Å²) in [7, 11) is 0. The first-order valence-electron chi connectivity index (χ1n) is 12.1. The quantitative estimate of drug-likeness (QED) is 0.121. The van der Waals surface area contributed by atoms with E-state index in [1.165, 1.54) is 27.7 Å². The molecule has 0 aliphatic rings. The fourth-order valence-electron chi connectivity index (χ4n) is 4.69. The third kappa shape index (κ3) is 4.22. The maximum absolute atomic E-state index is 13.7. The first kappa shape index (κ1) is 23.5. The zero-order chi connectivity index (χ0) is 25.4. The maximum Gasteiger partial charge on any atom is 0.341 e. The van der Waals surface area contributed by atoms with Crippen molar-refractivity contribution in [1.29, 1.82) is 0 Å². The molecule has 0 atom stereocenters. The molecule has 6 rings (SSSR count). The third-order valence-electron chi connectivity index (χ3n) is 6.36. The number of nitrogens with zero attached hydrogens (tertiary/aromatic N) is 1. The summed E-state index contributed by atoms with van der Waals surface area (Å²) in [6.07, 6.45) is 1.95. The van der Waals surface area contributed by atoms with Gasteiger partial charge in [-0.15, -0.1) is 23.1 Å². The minimum Gasteiger partial charge on any atom is -0.462 e. The van der Waals surface area contributed by atoms with Crippen LogP contribution < -0.4 is 0 Å². The predicted octanol–water partition coefficient (Wildman–Crippen LogP) is 8.01. The summed E-state index contributed by atoms with van der Waals surface area (Å²) in [4.78, 5) is 27.5. The molecule has 6 heteroatoms. The number of pyridine rings is 1. The van der Waals surface area contributed by atoms with Gasteiger partial charge >= 0.3 is 5.97 Å². The van der Waals surface area contributed by atoms with E-state index in [1.54, 1.807) is 18.7 Å². The molecular weight excluding hydrogens is 498 g/mol. The topological polar surface area (TPSA) is 47.8 Å². The van der Waals surface area contributed by atoms with Gasteiger partial charge in [-0.25, -0.2) is 4.79 Å². The van der Waals surface area contributed by atoms with Gasteiger partial charge in [-0.05, 0) is 35.4 Å². The zero-order valence-electron chi connectivity index (χ0n) is 20.1. The second-order valence-electron chi connectivity index (χ2n) is 8.66. The molecular formula is C31H23NO3S2. The summed E-state index contributed by atoms with van der Waals surface area (Å²) in [5.74, 6) is 0.246. The van der Waals surface area contributed by atoms with Crippen molar-refractivity contribution in [3.8, 4) is 0 Å². The van der Waals surface area contributed by atoms with Gasteiger partial charge in [-0.3, -0.25) is 4.79 Å². The minimum absolute atomic E-state index is 0.0883. The van der Waals surface area contributed by atoms with Gasteiger partial charge in [0.2, 0.25) is 5.78 Å². The summed E-state index contributed by atoms with van der Waals surface area (Å²) in [6.45, 7) is 2.06. The van der Waals surface area contributed by atoms with Crippen LogP contribution in [0.3, 0.4) is 0 Å². The molecule has 0 amide bonds. The van der Waals surface area contributed by atoms with Gasteiger partial charge < -0.3 is 9.14 Å². The van der Waals surface area contributed by atoms with E-state index in [4.69, 9.17) is 4.74 Å². The largest absolute Gasteiger partial charge is 0.462 e. The number of carbonyl (C=O) groups excluding carboxylic acids is 2. The van der Waals surface area contributed by atoms with Crippen molar-refractivity contribution < 1.29 is 14.3 Å². The monoisotopic (exact) mass is 521 g/mol. The van der Waals surface area contributed by atoms with Crippen LogP contribution in [0.1, 0.15) is 38.1 Å². The molecule has 0 saturated carbocycles. The van der Waals surface area contributed by atoms with E-state index in [0.29, 0.717) is 21.4 Å². The molecule has 3 aromatic carbocycles. The maximum atomic E-state index is 13.7. The molecule has 6 aromatic rings. The number of hydrogen-bond acceptors (Lipinski definition) is 5. The third-order valence-corrected chi connectivity index (χ3v) is 8.87. The number of thioether (sulfide) groups is 1. The van der Waals surface area contributed by atoms with E-state index in [9.17, 15) is 9.59 Å². The number of rotatable bonds is 7. The number of ether oxygens (including phenoxy) is 1. The van der Waals surface area contributed by atoms with E-state index in [2.05, 4.69) is 30.3 Å². The molecule has 4 nitrogen and oxygen atoms in total. The molecule has 0 unspecified atom stereocenters. The lowest BCUT2D eigenvalue weighted by Gasteiger charge is -2.05. The number of fused-ring (bicyclic) bond motifs is 4. The van der Waals surface area contributed by atoms with Crippen LogP contribution in [0.25, 0.3) is 27.2 Å². The Kier molecular flexibility index (Phi) is 6.28. The molecule has 0 radical (unpaired) electrons. The van der Waals surface area contributed by atoms with Crippen molar-refractivity contribution in [2.24, 2.45) is 0 Å². The Bertz CT molecular complexity index is 1780. The van der Waals surface area contributed by atoms with Gasteiger partial charge in [0.15, 0.2) is 0 Å². The molecule has 0 spiro atoms. The van der Waals surface area contributed by atoms with Gasteiger partial charge in [0, 0.05) is 22.9 Å². The number of benzene rings is 3. The van der Waals surface area contributed by atoms with Crippen molar-refractivity contribution in [3.63, 3.8) is 0 Å². The van der Waals surface area contributed by atoms with E-state index in [0.717, 1.165) is 21.0 Å². The lowest BCUT2D eigenvalue weighted by Crippen LogP contribution is -2.06. The Labute approximate surface area is 222 Å². The standard InChI is InChI=1S/C31H23NO3S2/c1-2-35-30(34)25-24-14-8-9-17-32(24)27-26(25)29(28(33)22-11-4-3-5-12-22)37-31(27)36-19-20-15-16-21-10-6-7-13-23(21)18-20/h3-18H,2,19H2,1H3. The van der Waals surface area contributed by atoms with Crippen LogP contribution in [0.5, 0.6) is 0 Å². The van der Waals surface area contributed by atoms with Crippen molar-refractivity contribution in [3.05, 3.63) is 119 Å². The summed E-state index contributed by atoms with van der Waals surface area (Å²) in [5.41, 5.74) is 3.88. The predicted molar refractivity (Wildman–Crippen MR) is 152 cm³/mol. The van der Waals surface area contributed by atoms with Crippen LogP contribution in [0.2, 0.25) is 0 Å². The second-order valence-corrected chi connectivity index (χ2v) is 10.9. The van der Waals surface area contributed by atoms with Crippen LogP contribution >= 0.6 is 23.1 Å². The van der Waals surface area contributed by atoms with Crippen LogP contribution in [0.15, 0.2) is 101 Å². The molecule has 0 aliphatic carbocycles. The Morgan fingerprint density at radius 1 is 0.892 bits per heavy atom. The van der Waals surface area contributed by atoms with Gasteiger partial charge in [0.25, 0.3) is 0 Å². The lowest BCUT2D eigenvalue weighted by molar-refractivity contribution is 0.0531. The highest BCUT2D eigenvalue weighted by molar-refractivity contribution is 8.00. The molecule has 37 heavy (non-hydrogen) atoms. The van der Waals surface area contributed by atoms with Gasteiger partial charge in [-0.2, -0.15) is 0 Å². The number of carbonyl (C=O) groups is 2. The fourth-order valence-corrected chi connectivity index (χ4v) is 7.16. The van der Waals surface area contributed by atoms with Crippen LogP contribution in [0, 0.1) is 0 Å². The Hall–Kier alpha value is -3.87. The fraction of sp³-hybridized carbons (Fsp3) is 0.0968. The van der Waals surface area contributed by atoms with Gasteiger partial charge in [0.1, 0.15) is 0 Å². The molecule has 0 N–H and O–H groups in total. The molecule has 0 fully saturated rings. The molecule has 0 aliphatic heterocycles. The Morgan fingerprint density at radius 3 is 2.46 bits per heavy atom. The van der Waals surface area contributed by atoms with Crippen LogP contribution in [0.4, 0.5) is 0 Å². The van der Waals surface area contributed by atoms with Crippen molar-refractivity contribution in [1.82, 2.24) is 4.40 Å². The first-order valence-corrected chi connectivity index (χ1v) is 13.9. The average molecular weight is 522 g/mol. The molecule has 3 heterocycles. The van der Waals surface area contributed by atoms with E-state index in [-0.39, 0.29) is 12.4 Å². The highest BCUT2D eigenvalue weighted by Gasteiger charge is 2.29. The minimum atomic E-state index is -0.410. The summed E-state index contributed by atoms with van der Waals surface area (Å²) in [5, 5.41) is 3.08. The van der Waals surface area contributed by atoms with E-state index >= 15 is 0 Å². The van der Waals surface area contributed by atoms with Crippen molar-refractivity contribution in [2.45, 2.75) is 16.9 Å². The Balaban J connectivity index is 1.52. The number of ketones is 1. The molecule has 0 saturated heterocycles. The SMILES string of the molecule is CCOC(=O)c1c2c(C(=O)c3ccccc3)sc(SCc3ccc4ccccc4c3)c2n2ccccc12. The second kappa shape index (κ2) is 9.88. The zero-order valence-corrected chi connectivity index (χ0v) is 21.8. The van der Waals surface area contributed by atoms with Gasteiger partial charge in [-0.1, -0.05) is 78.9 Å². The molecule has 3 aromatic heterocycles. The lowest BCUT2D eigenvalue weighted by atomic mass is 10.1. The average Bonchev–Trinajstić information content (AvgIpc) is 3.48. The van der Waals surface area contributed by atoms with Gasteiger partial charge in [0.05, 0.1) is 32.3 Å². The highest BCUT2D eigenvalue weighted by Crippen LogP contribution is 2.44. The smallest absolute Gasteiger partial charge is 0.341 e. The molecule has 182 valence electrons. The van der Waals surface area contributed by atoms with Crippen molar-refractivity contribution in [2.75, 3.05) is 6.61 Å². The summed E-state index contributed by atoms with van der Waals surface area (Å²) >= 11 is 3.15. The summed E-state index contributed by atoms with van der Waals surface area (Å²) in [6, 6.07) is 29.8. The Morgan fingerprint density at radius 2 is 1.65 bits per heavy atom. The first-order chi connectivity index (χ1) is 18.2. The van der Waals surface area contributed by atoms with Crippen LogP contribution in [-0.4, -0.2) is 22.8 Å². The highest BCUT2D eigenvalue weighted by atomic mass is 32.2.